The maximum Gasteiger partial charge on any atom is 0.222 e. The molecule has 1 atom stereocenters. The molecule has 0 aliphatic carbocycles. The first-order valence-electron chi connectivity index (χ1n) is 9.92. The maximum absolute atomic E-state index is 13.8. The molecule has 2 aliphatic heterocycles. The molecule has 1 aromatic rings. The van der Waals surface area contributed by atoms with Crippen LogP contribution in [0.15, 0.2) is 24.3 Å². The van der Waals surface area contributed by atoms with E-state index in [1.54, 1.807) is 6.07 Å². The number of piperidine rings is 1. The van der Waals surface area contributed by atoms with Gasteiger partial charge in [-0.05, 0) is 56.1 Å². The van der Waals surface area contributed by atoms with Crippen molar-refractivity contribution >= 4 is 11.8 Å². The Balaban J connectivity index is 1.40. The number of halogens is 1. The molecule has 2 saturated heterocycles. The largest absolute Gasteiger partial charge is 0.343 e. The van der Waals surface area contributed by atoms with Crippen molar-refractivity contribution in [3.63, 3.8) is 0 Å². The van der Waals surface area contributed by atoms with E-state index in [1.165, 1.54) is 6.07 Å². The van der Waals surface area contributed by atoms with Gasteiger partial charge in [-0.2, -0.15) is 0 Å². The minimum atomic E-state index is -0.132. The van der Waals surface area contributed by atoms with E-state index in [2.05, 4.69) is 0 Å². The second kappa shape index (κ2) is 9.15. The minimum Gasteiger partial charge on any atom is -0.343 e. The summed E-state index contributed by atoms with van der Waals surface area (Å²) in [7, 11) is 0. The molecular weight excluding hydrogens is 331 g/mol. The van der Waals surface area contributed by atoms with Crippen LogP contribution in [0.3, 0.4) is 0 Å². The van der Waals surface area contributed by atoms with Crippen LogP contribution in [0.2, 0.25) is 0 Å². The van der Waals surface area contributed by atoms with Gasteiger partial charge in [-0.15, -0.1) is 0 Å². The highest BCUT2D eigenvalue weighted by atomic mass is 19.1. The second-order valence-corrected chi connectivity index (χ2v) is 7.57. The van der Waals surface area contributed by atoms with Crippen molar-refractivity contribution < 1.29 is 14.0 Å². The number of carbonyl (C=O) groups is 2. The first-order chi connectivity index (χ1) is 12.6. The Morgan fingerprint density at radius 3 is 2.81 bits per heavy atom. The van der Waals surface area contributed by atoms with Gasteiger partial charge in [-0.25, -0.2) is 4.39 Å². The number of benzene rings is 1. The molecule has 3 rings (SSSR count). The molecule has 2 heterocycles. The lowest BCUT2D eigenvalue weighted by Gasteiger charge is -2.33. The van der Waals surface area contributed by atoms with E-state index in [4.69, 9.17) is 0 Å². The lowest BCUT2D eigenvalue weighted by Crippen LogP contribution is -2.40. The fraction of sp³-hybridized carbons (Fsp3) is 0.619. The molecule has 5 heteroatoms. The first kappa shape index (κ1) is 18.9. The van der Waals surface area contributed by atoms with Crippen LogP contribution < -0.4 is 0 Å². The molecule has 0 bridgehead atoms. The van der Waals surface area contributed by atoms with E-state index < -0.39 is 0 Å². The maximum atomic E-state index is 13.8. The highest BCUT2D eigenvalue weighted by Crippen LogP contribution is 2.23. The molecule has 0 saturated carbocycles. The summed E-state index contributed by atoms with van der Waals surface area (Å²) in [5.41, 5.74) is 0.770. The topological polar surface area (TPSA) is 40.6 Å². The number of nitrogens with zero attached hydrogens (tertiary/aromatic N) is 2. The zero-order valence-electron chi connectivity index (χ0n) is 15.5. The Morgan fingerprint density at radius 2 is 2.04 bits per heavy atom. The van der Waals surface area contributed by atoms with E-state index in [0.717, 1.165) is 63.7 Å². The summed E-state index contributed by atoms with van der Waals surface area (Å²) in [6.07, 6.45) is 6.67. The van der Waals surface area contributed by atoms with Crippen molar-refractivity contribution in [2.24, 2.45) is 5.92 Å². The summed E-state index contributed by atoms with van der Waals surface area (Å²) in [6, 6.07) is 6.95. The van der Waals surface area contributed by atoms with Gasteiger partial charge in [0.05, 0.1) is 0 Å². The van der Waals surface area contributed by atoms with Gasteiger partial charge in [-0.3, -0.25) is 9.59 Å². The monoisotopic (exact) mass is 360 g/mol. The third-order valence-electron chi connectivity index (χ3n) is 5.64. The third-order valence-corrected chi connectivity index (χ3v) is 5.64. The van der Waals surface area contributed by atoms with Crippen molar-refractivity contribution in [1.29, 1.82) is 0 Å². The van der Waals surface area contributed by atoms with Crippen LogP contribution in [0.5, 0.6) is 0 Å². The van der Waals surface area contributed by atoms with E-state index in [-0.39, 0.29) is 17.6 Å². The summed E-state index contributed by atoms with van der Waals surface area (Å²) in [6.45, 7) is 3.16. The lowest BCUT2D eigenvalue weighted by atomic mass is 9.91. The first-order valence-corrected chi connectivity index (χ1v) is 9.92. The predicted octanol–water partition coefficient (Wildman–Crippen LogP) is 3.40. The molecule has 0 aromatic heterocycles. The van der Waals surface area contributed by atoms with Crippen molar-refractivity contribution in [2.45, 2.75) is 51.4 Å². The Labute approximate surface area is 155 Å². The normalized spacial score (nSPS) is 20.7. The molecule has 0 unspecified atom stereocenters. The Kier molecular flexibility index (Phi) is 6.64. The number of hydrogen-bond donors (Lipinski definition) is 0. The summed E-state index contributed by atoms with van der Waals surface area (Å²) < 4.78 is 13.8. The molecule has 2 fully saturated rings. The van der Waals surface area contributed by atoms with Gasteiger partial charge in [0.1, 0.15) is 5.82 Å². The van der Waals surface area contributed by atoms with E-state index in [0.29, 0.717) is 25.3 Å². The molecule has 4 nitrogen and oxygen atoms in total. The van der Waals surface area contributed by atoms with Crippen LogP contribution in [-0.2, 0) is 16.0 Å². The number of likely N-dealkylation sites (tertiary alicyclic amines) is 2. The Morgan fingerprint density at radius 1 is 1.19 bits per heavy atom. The lowest BCUT2D eigenvalue weighted by molar-refractivity contribution is -0.134. The molecule has 1 aromatic carbocycles. The third kappa shape index (κ3) is 5.05. The van der Waals surface area contributed by atoms with E-state index >= 15 is 0 Å². The SMILES string of the molecule is O=C1CCCN1CCCC(=O)N1CCC[C@H](CCc2ccccc2F)C1. The van der Waals surface area contributed by atoms with Crippen LogP contribution in [0.4, 0.5) is 4.39 Å². The Bertz CT molecular complexity index is 634. The molecule has 26 heavy (non-hydrogen) atoms. The fourth-order valence-electron chi connectivity index (χ4n) is 4.11. The highest BCUT2D eigenvalue weighted by Gasteiger charge is 2.24. The number of hydrogen-bond acceptors (Lipinski definition) is 2. The van der Waals surface area contributed by atoms with Crippen LogP contribution >= 0.6 is 0 Å². The molecule has 0 N–H and O–H groups in total. The van der Waals surface area contributed by atoms with Crippen molar-refractivity contribution in [1.82, 2.24) is 9.80 Å². The van der Waals surface area contributed by atoms with Gasteiger partial charge in [0.15, 0.2) is 0 Å². The average molecular weight is 360 g/mol. The summed E-state index contributed by atoms with van der Waals surface area (Å²) >= 11 is 0. The van der Waals surface area contributed by atoms with Crippen molar-refractivity contribution in [3.8, 4) is 0 Å². The number of rotatable bonds is 7. The summed E-state index contributed by atoms with van der Waals surface area (Å²) in [4.78, 5) is 28.0. The van der Waals surface area contributed by atoms with Crippen LogP contribution in [0.1, 0.15) is 50.5 Å². The summed E-state index contributed by atoms with van der Waals surface area (Å²) in [5.74, 6) is 0.746. The molecule has 142 valence electrons. The second-order valence-electron chi connectivity index (χ2n) is 7.57. The van der Waals surface area contributed by atoms with Gasteiger partial charge in [0.2, 0.25) is 11.8 Å². The zero-order chi connectivity index (χ0) is 18.4. The van der Waals surface area contributed by atoms with Crippen molar-refractivity contribution in [3.05, 3.63) is 35.6 Å². The molecule has 2 amide bonds. The van der Waals surface area contributed by atoms with E-state index in [1.807, 2.05) is 21.9 Å². The standard InChI is InChI=1S/C21H29FN2O2/c22-19-8-2-1-7-18(19)12-11-17-6-3-15-24(16-17)21(26)10-5-14-23-13-4-9-20(23)25/h1-2,7-8,17H,3-6,9-16H2/t17-/m1/s1. The van der Waals surface area contributed by atoms with E-state index in [9.17, 15) is 14.0 Å². The zero-order valence-corrected chi connectivity index (χ0v) is 15.5. The quantitative estimate of drug-likeness (QED) is 0.748. The molecule has 0 radical (unpaired) electrons. The number of aryl methyl sites for hydroxylation is 1. The van der Waals surface area contributed by atoms with Crippen LogP contribution in [-0.4, -0.2) is 47.8 Å². The number of amides is 2. The number of carbonyl (C=O) groups excluding carboxylic acids is 2. The van der Waals surface area contributed by atoms with Crippen LogP contribution in [0.25, 0.3) is 0 Å². The molecular formula is C21H29FN2O2. The van der Waals surface area contributed by atoms with Gasteiger partial charge in [0, 0.05) is 39.0 Å². The molecule has 2 aliphatic rings. The van der Waals surface area contributed by atoms with Gasteiger partial charge < -0.3 is 9.80 Å². The molecule has 0 spiro atoms. The van der Waals surface area contributed by atoms with Gasteiger partial charge >= 0.3 is 0 Å². The van der Waals surface area contributed by atoms with Gasteiger partial charge in [0.25, 0.3) is 0 Å². The summed E-state index contributed by atoms with van der Waals surface area (Å²) in [5, 5.41) is 0. The minimum absolute atomic E-state index is 0.132. The van der Waals surface area contributed by atoms with Crippen molar-refractivity contribution in [2.75, 3.05) is 26.2 Å². The highest BCUT2D eigenvalue weighted by molar-refractivity contribution is 5.78. The fourth-order valence-corrected chi connectivity index (χ4v) is 4.11. The average Bonchev–Trinajstić information content (AvgIpc) is 3.06. The Hall–Kier alpha value is -1.91. The smallest absolute Gasteiger partial charge is 0.222 e. The van der Waals surface area contributed by atoms with Crippen LogP contribution in [0, 0.1) is 11.7 Å². The predicted molar refractivity (Wildman–Crippen MR) is 99.1 cm³/mol. The van der Waals surface area contributed by atoms with Gasteiger partial charge in [-0.1, -0.05) is 18.2 Å².